The number of aryl methyl sites for hydroxylation is 1. The van der Waals surface area contributed by atoms with Gasteiger partial charge in [0, 0.05) is 22.2 Å². The fourth-order valence-electron chi connectivity index (χ4n) is 2.50. The molecule has 1 aromatic heterocycles. The monoisotopic (exact) mass is 438 g/mol. The summed E-state index contributed by atoms with van der Waals surface area (Å²) < 4.78 is 0. The van der Waals surface area contributed by atoms with E-state index in [-0.39, 0.29) is 12.2 Å². The molecule has 0 amide bonds. The topological polar surface area (TPSA) is 66.0 Å². The van der Waals surface area contributed by atoms with Crippen molar-refractivity contribution >= 4 is 34.1 Å². The van der Waals surface area contributed by atoms with Crippen molar-refractivity contribution in [2.45, 2.75) is 54.4 Å². The molecule has 0 aliphatic carbocycles. The summed E-state index contributed by atoms with van der Waals surface area (Å²) in [7, 11) is 0. The average molecular weight is 439 g/mol. The van der Waals surface area contributed by atoms with E-state index in [1.54, 1.807) is 30.3 Å². The highest BCUT2D eigenvalue weighted by atomic mass is 35.5. The molecule has 0 atom stereocenters. The van der Waals surface area contributed by atoms with Gasteiger partial charge in [-0.2, -0.15) is 0 Å². The Morgan fingerprint density at radius 3 is 2.14 bits per heavy atom. The molecular formula is C23H32Cl2N2O2. The number of benzene rings is 2. The Morgan fingerprint density at radius 1 is 0.931 bits per heavy atom. The first-order valence-electron chi connectivity index (χ1n) is 10.2. The van der Waals surface area contributed by atoms with Gasteiger partial charge in [-0.3, -0.25) is 4.79 Å². The Hall–Kier alpha value is -1.88. The summed E-state index contributed by atoms with van der Waals surface area (Å²) >= 11 is 12.0. The molecule has 2 aromatic carbocycles. The first-order valence-corrected chi connectivity index (χ1v) is 10.9. The number of hydrogen-bond acceptors (Lipinski definition) is 3. The average Bonchev–Trinajstić information content (AvgIpc) is 2.77. The molecular weight excluding hydrogens is 407 g/mol. The summed E-state index contributed by atoms with van der Waals surface area (Å²) in [5, 5.41) is 10.5. The molecule has 29 heavy (non-hydrogen) atoms. The standard InChI is InChI=1S/C17H14Cl2N2O2.3C2H6/c18-11-4-3-10(2-1-7-22)13(8-11)16-20-15-6-5-12(19)9-14(15)17(23)21-16;3*1-2/h3-6,8-9,22H,1-2,7H2,(H,20,21,23);3*1-2H3. The SMILES string of the molecule is CC.CC.CC.O=c1[nH]c(-c2cc(Cl)ccc2CCCO)nc2ccc(Cl)cc12. The zero-order chi connectivity index (χ0) is 22.4. The van der Waals surface area contributed by atoms with Gasteiger partial charge in [0.05, 0.1) is 10.9 Å². The van der Waals surface area contributed by atoms with Crippen LogP contribution >= 0.6 is 23.2 Å². The number of aliphatic hydroxyl groups excluding tert-OH is 1. The Morgan fingerprint density at radius 2 is 1.52 bits per heavy atom. The van der Waals surface area contributed by atoms with Gasteiger partial charge in [0.1, 0.15) is 5.82 Å². The molecule has 0 bridgehead atoms. The lowest BCUT2D eigenvalue weighted by Crippen LogP contribution is -2.10. The molecule has 0 saturated carbocycles. The van der Waals surface area contributed by atoms with Crippen molar-refractivity contribution in [2.75, 3.05) is 6.61 Å². The smallest absolute Gasteiger partial charge is 0.259 e. The second kappa shape index (κ2) is 15.0. The maximum absolute atomic E-state index is 12.3. The van der Waals surface area contributed by atoms with Gasteiger partial charge in [-0.15, -0.1) is 0 Å². The number of H-pyrrole nitrogens is 1. The maximum atomic E-state index is 12.3. The van der Waals surface area contributed by atoms with E-state index < -0.39 is 0 Å². The van der Waals surface area contributed by atoms with Crippen LogP contribution in [0.1, 0.15) is 53.5 Å². The summed E-state index contributed by atoms with van der Waals surface area (Å²) in [5.41, 5.74) is 2.06. The first kappa shape index (κ1) is 27.1. The molecule has 4 nitrogen and oxygen atoms in total. The Kier molecular flexibility index (Phi) is 14.1. The van der Waals surface area contributed by atoms with Crippen LogP contribution in [0.4, 0.5) is 0 Å². The number of hydrogen-bond donors (Lipinski definition) is 2. The van der Waals surface area contributed by atoms with E-state index in [0.29, 0.717) is 39.6 Å². The lowest BCUT2D eigenvalue weighted by molar-refractivity contribution is 0.288. The Bertz CT molecular complexity index is 924. The normalized spacial score (nSPS) is 9.41. The number of nitrogens with zero attached hydrogens (tertiary/aromatic N) is 1. The van der Waals surface area contributed by atoms with Crippen LogP contribution in [0, 0.1) is 0 Å². The van der Waals surface area contributed by atoms with Gasteiger partial charge in [-0.05, 0) is 48.7 Å². The summed E-state index contributed by atoms with van der Waals surface area (Å²) in [4.78, 5) is 19.6. The minimum absolute atomic E-state index is 0.0994. The van der Waals surface area contributed by atoms with Gasteiger partial charge in [0.2, 0.25) is 0 Å². The van der Waals surface area contributed by atoms with Gasteiger partial charge >= 0.3 is 0 Å². The molecule has 0 unspecified atom stereocenters. The molecule has 2 N–H and O–H groups in total. The predicted octanol–water partition coefficient (Wildman–Crippen LogP) is 6.90. The third-order valence-corrected chi connectivity index (χ3v) is 4.07. The minimum atomic E-state index is -0.249. The highest BCUT2D eigenvalue weighted by Crippen LogP contribution is 2.26. The molecule has 0 fully saturated rings. The van der Waals surface area contributed by atoms with Gasteiger partial charge < -0.3 is 10.1 Å². The molecule has 3 aromatic rings. The zero-order valence-electron chi connectivity index (χ0n) is 18.1. The fraction of sp³-hybridized carbons (Fsp3) is 0.391. The van der Waals surface area contributed by atoms with E-state index in [9.17, 15) is 4.79 Å². The third kappa shape index (κ3) is 7.81. The third-order valence-electron chi connectivity index (χ3n) is 3.60. The summed E-state index contributed by atoms with van der Waals surface area (Å²) in [6, 6.07) is 10.5. The molecule has 3 rings (SSSR count). The number of aromatic nitrogens is 2. The van der Waals surface area contributed by atoms with Crippen LogP contribution in [0.5, 0.6) is 0 Å². The van der Waals surface area contributed by atoms with Crippen LogP contribution in [0.2, 0.25) is 10.0 Å². The Labute approximate surface area is 183 Å². The van der Waals surface area contributed by atoms with Crippen LogP contribution in [-0.4, -0.2) is 21.7 Å². The summed E-state index contributed by atoms with van der Waals surface area (Å²) in [6.07, 6.45) is 1.30. The molecule has 0 radical (unpaired) electrons. The van der Waals surface area contributed by atoms with E-state index in [1.807, 2.05) is 47.6 Å². The van der Waals surface area contributed by atoms with E-state index in [0.717, 1.165) is 11.1 Å². The number of aliphatic hydroxyl groups is 1. The van der Waals surface area contributed by atoms with E-state index in [4.69, 9.17) is 28.3 Å². The molecule has 0 spiro atoms. The molecule has 0 aliphatic rings. The van der Waals surface area contributed by atoms with Crippen molar-refractivity contribution in [1.29, 1.82) is 0 Å². The quantitative estimate of drug-likeness (QED) is 0.465. The van der Waals surface area contributed by atoms with E-state index in [1.165, 1.54) is 0 Å². The van der Waals surface area contributed by atoms with Crippen molar-refractivity contribution in [3.05, 3.63) is 62.4 Å². The van der Waals surface area contributed by atoms with Crippen molar-refractivity contribution < 1.29 is 5.11 Å². The van der Waals surface area contributed by atoms with Gasteiger partial charge in [-0.25, -0.2) is 4.98 Å². The second-order valence-corrected chi connectivity index (χ2v) is 6.08. The first-order chi connectivity index (χ1) is 14.1. The number of halogens is 2. The fourth-order valence-corrected chi connectivity index (χ4v) is 2.84. The number of aromatic amines is 1. The number of fused-ring (bicyclic) bond motifs is 1. The minimum Gasteiger partial charge on any atom is -0.396 e. The van der Waals surface area contributed by atoms with Crippen LogP contribution in [0.3, 0.4) is 0 Å². The van der Waals surface area contributed by atoms with E-state index >= 15 is 0 Å². The van der Waals surface area contributed by atoms with Crippen molar-refractivity contribution in [3.63, 3.8) is 0 Å². The Balaban J connectivity index is 0.00000120. The highest BCUT2D eigenvalue weighted by Gasteiger charge is 2.11. The molecule has 6 heteroatoms. The summed E-state index contributed by atoms with van der Waals surface area (Å²) in [6.45, 7) is 12.1. The maximum Gasteiger partial charge on any atom is 0.259 e. The van der Waals surface area contributed by atoms with E-state index in [2.05, 4.69) is 9.97 Å². The highest BCUT2D eigenvalue weighted by molar-refractivity contribution is 6.31. The lowest BCUT2D eigenvalue weighted by atomic mass is 10.0. The van der Waals surface area contributed by atoms with Crippen LogP contribution in [0.15, 0.2) is 41.2 Å². The molecule has 160 valence electrons. The number of rotatable bonds is 4. The van der Waals surface area contributed by atoms with Gasteiger partial charge in [-0.1, -0.05) is 70.8 Å². The van der Waals surface area contributed by atoms with Gasteiger partial charge in [0.25, 0.3) is 5.56 Å². The molecule has 1 heterocycles. The lowest BCUT2D eigenvalue weighted by Gasteiger charge is -2.10. The van der Waals surface area contributed by atoms with Crippen LogP contribution in [0.25, 0.3) is 22.3 Å². The predicted molar refractivity (Wildman–Crippen MR) is 127 cm³/mol. The van der Waals surface area contributed by atoms with Crippen LogP contribution in [-0.2, 0) is 6.42 Å². The van der Waals surface area contributed by atoms with Gasteiger partial charge in [0.15, 0.2) is 0 Å². The van der Waals surface area contributed by atoms with Crippen molar-refractivity contribution in [3.8, 4) is 11.4 Å². The zero-order valence-corrected chi connectivity index (χ0v) is 19.7. The van der Waals surface area contributed by atoms with Crippen LogP contribution < -0.4 is 5.56 Å². The summed E-state index contributed by atoms with van der Waals surface area (Å²) in [5.74, 6) is 0.459. The molecule has 0 aliphatic heterocycles. The van der Waals surface area contributed by atoms with Crippen molar-refractivity contribution in [2.24, 2.45) is 0 Å². The molecule has 0 saturated heterocycles. The second-order valence-electron chi connectivity index (χ2n) is 5.20. The van der Waals surface area contributed by atoms with Crippen molar-refractivity contribution in [1.82, 2.24) is 9.97 Å². The largest absolute Gasteiger partial charge is 0.396 e. The number of nitrogens with one attached hydrogen (secondary N) is 1.